The highest BCUT2D eigenvalue weighted by Gasteiger charge is 2.29. The lowest BCUT2D eigenvalue weighted by Gasteiger charge is -2.39. The molecule has 0 aromatic heterocycles. The lowest BCUT2D eigenvalue weighted by molar-refractivity contribution is -0.136. The van der Waals surface area contributed by atoms with E-state index in [2.05, 4.69) is 28.1 Å². The summed E-state index contributed by atoms with van der Waals surface area (Å²) in [6, 6.07) is 8.59. The number of carbonyl (C=O) groups is 1. The number of hydrogen-bond donors (Lipinski definition) is 1. The van der Waals surface area contributed by atoms with Crippen LogP contribution in [0.15, 0.2) is 24.3 Å². The zero-order valence-electron chi connectivity index (χ0n) is 14.2. The molecule has 0 radical (unpaired) electrons. The predicted octanol–water partition coefficient (Wildman–Crippen LogP) is 3.11. The molecule has 2 aliphatic heterocycles. The van der Waals surface area contributed by atoms with E-state index >= 15 is 0 Å². The Morgan fingerprint density at radius 3 is 2.92 bits per heavy atom. The lowest BCUT2D eigenvalue weighted by Crippen LogP contribution is -2.52. The number of amides is 1. The van der Waals surface area contributed by atoms with Crippen LogP contribution in [0.3, 0.4) is 0 Å². The van der Waals surface area contributed by atoms with Gasteiger partial charge in [-0.1, -0.05) is 23.7 Å². The van der Waals surface area contributed by atoms with Crippen LogP contribution in [0, 0.1) is 0 Å². The summed E-state index contributed by atoms with van der Waals surface area (Å²) in [7, 11) is 0. The monoisotopic (exact) mass is 371 g/mol. The molecule has 2 unspecified atom stereocenters. The number of benzene rings is 1. The van der Waals surface area contributed by atoms with Crippen LogP contribution in [0.2, 0.25) is 5.02 Å². The van der Waals surface area contributed by atoms with Crippen molar-refractivity contribution in [1.82, 2.24) is 15.1 Å². The van der Waals surface area contributed by atoms with Gasteiger partial charge in [0.2, 0.25) is 5.91 Å². The Balaban J connectivity index is 0.00000208. The third-order valence-corrected chi connectivity index (χ3v) is 5.28. The zero-order valence-corrected chi connectivity index (χ0v) is 15.8. The Morgan fingerprint density at radius 1 is 1.33 bits per heavy atom. The maximum Gasteiger partial charge on any atom is 0.237 e. The van der Waals surface area contributed by atoms with E-state index in [1.165, 1.54) is 12.0 Å². The molecule has 6 heteroatoms. The number of rotatable bonds is 3. The van der Waals surface area contributed by atoms with Crippen LogP contribution in [0.25, 0.3) is 0 Å². The first-order valence-corrected chi connectivity index (χ1v) is 9.02. The summed E-state index contributed by atoms with van der Waals surface area (Å²) in [6.45, 7) is 6.27. The molecule has 2 saturated heterocycles. The number of piperazine rings is 1. The van der Waals surface area contributed by atoms with E-state index in [9.17, 15) is 4.79 Å². The number of piperidine rings is 1. The molecule has 0 bridgehead atoms. The van der Waals surface area contributed by atoms with Crippen molar-refractivity contribution >= 4 is 29.9 Å². The van der Waals surface area contributed by atoms with Gasteiger partial charge in [-0.25, -0.2) is 0 Å². The lowest BCUT2D eigenvalue weighted by atomic mass is 10.0. The minimum Gasteiger partial charge on any atom is -0.339 e. The van der Waals surface area contributed by atoms with E-state index < -0.39 is 0 Å². The molecule has 3 rings (SSSR count). The molecule has 2 aliphatic rings. The van der Waals surface area contributed by atoms with E-state index in [1.807, 2.05) is 18.2 Å². The molecule has 2 heterocycles. The van der Waals surface area contributed by atoms with Gasteiger partial charge in [0.25, 0.3) is 0 Å². The van der Waals surface area contributed by atoms with Crippen molar-refractivity contribution in [1.29, 1.82) is 0 Å². The van der Waals surface area contributed by atoms with Gasteiger partial charge in [0.15, 0.2) is 0 Å². The minimum atomic E-state index is 0. The molecular weight excluding hydrogens is 345 g/mol. The molecule has 1 aromatic carbocycles. The Morgan fingerprint density at radius 2 is 2.17 bits per heavy atom. The van der Waals surface area contributed by atoms with Gasteiger partial charge in [0.1, 0.15) is 0 Å². The second-order valence-corrected chi connectivity index (χ2v) is 7.11. The van der Waals surface area contributed by atoms with Gasteiger partial charge in [0.05, 0.1) is 6.54 Å². The number of halogens is 2. The first-order valence-electron chi connectivity index (χ1n) is 8.65. The Kier molecular flexibility index (Phi) is 7.35. The van der Waals surface area contributed by atoms with Crippen molar-refractivity contribution in [2.24, 2.45) is 0 Å². The van der Waals surface area contributed by atoms with Crippen molar-refractivity contribution in [3.8, 4) is 0 Å². The van der Waals surface area contributed by atoms with Gasteiger partial charge in [-0.3, -0.25) is 9.69 Å². The predicted molar refractivity (Wildman–Crippen MR) is 101 cm³/mol. The number of nitrogens with one attached hydrogen (secondary N) is 1. The third-order valence-electron chi connectivity index (χ3n) is 5.05. The fourth-order valence-corrected chi connectivity index (χ4v) is 3.91. The third kappa shape index (κ3) is 4.63. The average molecular weight is 372 g/mol. The van der Waals surface area contributed by atoms with Crippen molar-refractivity contribution in [2.45, 2.75) is 38.3 Å². The van der Waals surface area contributed by atoms with Crippen molar-refractivity contribution in [2.75, 3.05) is 32.7 Å². The van der Waals surface area contributed by atoms with Crippen LogP contribution in [-0.4, -0.2) is 54.5 Å². The number of carbonyl (C=O) groups excluding carboxylic acids is 1. The number of nitrogens with zero attached hydrogens (tertiary/aromatic N) is 2. The van der Waals surface area contributed by atoms with Crippen molar-refractivity contribution in [3.63, 3.8) is 0 Å². The molecule has 134 valence electrons. The summed E-state index contributed by atoms with van der Waals surface area (Å²) in [4.78, 5) is 17.1. The molecule has 1 aromatic rings. The summed E-state index contributed by atoms with van der Waals surface area (Å²) >= 11 is 6.14. The van der Waals surface area contributed by atoms with Gasteiger partial charge in [-0.05, 0) is 43.9 Å². The van der Waals surface area contributed by atoms with E-state index in [-0.39, 0.29) is 24.4 Å². The van der Waals surface area contributed by atoms with Gasteiger partial charge < -0.3 is 10.2 Å². The SMILES string of the molecule is CC1CCCCN1C(=O)CN1CCNCC1c1cccc(Cl)c1.Cl. The highest BCUT2D eigenvalue weighted by molar-refractivity contribution is 6.30. The van der Waals surface area contributed by atoms with E-state index in [0.717, 1.165) is 44.0 Å². The van der Waals surface area contributed by atoms with Crippen LogP contribution in [0.5, 0.6) is 0 Å². The molecule has 4 nitrogen and oxygen atoms in total. The Bertz CT molecular complexity index is 555. The Labute approximate surface area is 155 Å². The average Bonchev–Trinajstić information content (AvgIpc) is 2.55. The fraction of sp³-hybridized carbons (Fsp3) is 0.611. The van der Waals surface area contributed by atoms with E-state index in [0.29, 0.717) is 12.6 Å². The zero-order chi connectivity index (χ0) is 16.2. The molecule has 0 aliphatic carbocycles. The van der Waals surface area contributed by atoms with Crippen LogP contribution in [-0.2, 0) is 4.79 Å². The van der Waals surface area contributed by atoms with Crippen LogP contribution in [0.4, 0.5) is 0 Å². The molecule has 2 fully saturated rings. The largest absolute Gasteiger partial charge is 0.339 e. The second kappa shape index (κ2) is 9.04. The standard InChI is InChI=1S/C18H26ClN3O.ClH/c1-14-5-2-3-9-22(14)18(23)13-21-10-8-20-12-17(21)15-6-4-7-16(19)11-15;/h4,6-7,11,14,17,20H,2-3,5,8-10,12-13H2,1H3;1H. The van der Waals surface area contributed by atoms with E-state index in [1.54, 1.807) is 0 Å². The summed E-state index contributed by atoms with van der Waals surface area (Å²) in [6.07, 6.45) is 3.50. The van der Waals surface area contributed by atoms with Crippen LogP contribution in [0.1, 0.15) is 37.8 Å². The normalized spacial score (nSPS) is 25.2. The van der Waals surface area contributed by atoms with Crippen LogP contribution < -0.4 is 5.32 Å². The highest BCUT2D eigenvalue weighted by Crippen LogP contribution is 2.25. The summed E-state index contributed by atoms with van der Waals surface area (Å²) in [5.41, 5.74) is 1.18. The topological polar surface area (TPSA) is 35.6 Å². The quantitative estimate of drug-likeness (QED) is 0.886. The molecule has 1 amide bonds. The maximum atomic E-state index is 12.8. The maximum absolute atomic E-state index is 12.8. The molecular formula is C18H27Cl2N3O. The van der Waals surface area contributed by atoms with Gasteiger partial charge in [0, 0.05) is 43.3 Å². The molecule has 1 N–H and O–H groups in total. The Hall–Kier alpha value is -0.810. The summed E-state index contributed by atoms with van der Waals surface area (Å²) in [5, 5.41) is 4.19. The summed E-state index contributed by atoms with van der Waals surface area (Å²) in [5.74, 6) is 0.270. The first-order chi connectivity index (χ1) is 11.1. The van der Waals surface area contributed by atoms with Crippen LogP contribution >= 0.6 is 24.0 Å². The molecule has 0 spiro atoms. The number of likely N-dealkylation sites (tertiary alicyclic amines) is 1. The molecule has 0 saturated carbocycles. The van der Waals surface area contributed by atoms with E-state index in [4.69, 9.17) is 11.6 Å². The smallest absolute Gasteiger partial charge is 0.237 e. The van der Waals surface area contributed by atoms with Gasteiger partial charge in [-0.2, -0.15) is 0 Å². The number of hydrogen-bond acceptors (Lipinski definition) is 3. The van der Waals surface area contributed by atoms with Gasteiger partial charge in [-0.15, -0.1) is 12.4 Å². The second-order valence-electron chi connectivity index (χ2n) is 6.68. The molecule has 24 heavy (non-hydrogen) atoms. The molecule has 2 atom stereocenters. The van der Waals surface area contributed by atoms with Crippen molar-refractivity contribution in [3.05, 3.63) is 34.9 Å². The van der Waals surface area contributed by atoms with Gasteiger partial charge >= 0.3 is 0 Å². The fourth-order valence-electron chi connectivity index (χ4n) is 3.71. The van der Waals surface area contributed by atoms with Crippen molar-refractivity contribution < 1.29 is 4.79 Å². The summed E-state index contributed by atoms with van der Waals surface area (Å²) < 4.78 is 0. The minimum absolute atomic E-state index is 0. The first kappa shape index (κ1) is 19.5. The highest BCUT2D eigenvalue weighted by atomic mass is 35.5.